The molecular formula is C18H13ClF3N3O. The van der Waals surface area contributed by atoms with Crippen molar-refractivity contribution in [3.63, 3.8) is 0 Å². The summed E-state index contributed by atoms with van der Waals surface area (Å²) in [6.07, 6.45) is -4.51. The second-order valence-corrected chi connectivity index (χ2v) is 5.94. The Balaban J connectivity index is 2.13. The summed E-state index contributed by atoms with van der Waals surface area (Å²) < 4.78 is 42.5. The monoisotopic (exact) mass is 379 g/mol. The van der Waals surface area contributed by atoms with Crippen LogP contribution in [0.4, 0.5) is 13.2 Å². The van der Waals surface area contributed by atoms with Crippen molar-refractivity contribution in [3.8, 4) is 28.1 Å². The third-order valence-electron chi connectivity index (χ3n) is 3.59. The summed E-state index contributed by atoms with van der Waals surface area (Å²) in [4.78, 5) is 0. The largest absolute Gasteiger partial charge is 0.466 e. The molecule has 2 aromatic carbocycles. The molecule has 0 radical (unpaired) electrons. The molecule has 0 saturated carbocycles. The zero-order valence-corrected chi connectivity index (χ0v) is 14.3. The van der Waals surface area contributed by atoms with E-state index in [1.165, 1.54) is 0 Å². The topological polar surface area (TPSA) is 47.9 Å². The van der Waals surface area contributed by atoms with Crippen LogP contribution in [0.25, 0.3) is 22.3 Å². The first-order chi connectivity index (χ1) is 12.3. The van der Waals surface area contributed by atoms with E-state index in [1.54, 1.807) is 12.1 Å². The molecule has 1 heterocycles. The van der Waals surface area contributed by atoms with Gasteiger partial charge in [-0.2, -0.15) is 13.2 Å². The molecule has 0 saturated heterocycles. The standard InChI is InChI=1S/C18H13ClF3N3O/c1-11-5-4-6-12(9-11)13-7-2-3-8-14(13)15-16(19)23-25-24-17(15)26-10-18(20,21)22/h2-9H,10H2,1H3. The predicted octanol–water partition coefficient (Wildman–Crippen LogP) is 5.11. The summed E-state index contributed by atoms with van der Waals surface area (Å²) in [5, 5.41) is 10.5. The maximum absolute atomic E-state index is 12.5. The van der Waals surface area contributed by atoms with Gasteiger partial charge in [0.05, 0.1) is 5.56 Å². The fourth-order valence-corrected chi connectivity index (χ4v) is 2.75. The lowest BCUT2D eigenvalue weighted by Crippen LogP contribution is -2.20. The first kappa shape index (κ1) is 18.1. The molecule has 0 N–H and O–H groups in total. The SMILES string of the molecule is Cc1cccc(-c2ccccc2-c2c(Cl)nnnc2OCC(F)(F)F)c1. The zero-order chi connectivity index (χ0) is 18.7. The highest BCUT2D eigenvalue weighted by Gasteiger charge is 2.30. The van der Waals surface area contributed by atoms with Crippen LogP contribution in [0, 0.1) is 6.92 Å². The van der Waals surface area contributed by atoms with Crippen LogP contribution in [-0.4, -0.2) is 28.2 Å². The molecular weight excluding hydrogens is 367 g/mol. The third kappa shape index (κ3) is 4.11. The number of nitrogens with zero attached hydrogens (tertiary/aromatic N) is 3. The number of aromatic nitrogens is 3. The molecule has 8 heteroatoms. The number of rotatable bonds is 4. The molecule has 4 nitrogen and oxygen atoms in total. The Kier molecular flexibility index (Phi) is 5.08. The van der Waals surface area contributed by atoms with Gasteiger partial charge in [0.1, 0.15) is 0 Å². The van der Waals surface area contributed by atoms with Crippen molar-refractivity contribution >= 4 is 11.6 Å². The van der Waals surface area contributed by atoms with Gasteiger partial charge in [0.15, 0.2) is 11.8 Å². The Morgan fingerprint density at radius 2 is 1.73 bits per heavy atom. The number of aryl methyl sites for hydroxylation is 1. The fourth-order valence-electron chi connectivity index (χ4n) is 2.53. The molecule has 0 aliphatic heterocycles. The maximum atomic E-state index is 12.5. The number of hydrogen-bond acceptors (Lipinski definition) is 4. The highest BCUT2D eigenvalue weighted by Crippen LogP contribution is 2.39. The van der Waals surface area contributed by atoms with Gasteiger partial charge in [-0.1, -0.05) is 70.8 Å². The molecule has 3 rings (SSSR count). The molecule has 26 heavy (non-hydrogen) atoms. The average Bonchev–Trinajstić information content (AvgIpc) is 2.59. The van der Waals surface area contributed by atoms with Gasteiger partial charge < -0.3 is 4.74 Å². The minimum atomic E-state index is -4.51. The van der Waals surface area contributed by atoms with Crippen molar-refractivity contribution in [1.29, 1.82) is 0 Å². The van der Waals surface area contributed by atoms with Crippen LogP contribution >= 0.6 is 11.6 Å². The second-order valence-electron chi connectivity index (χ2n) is 5.58. The minimum Gasteiger partial charge on any atom is -0.466 e. The molecule has 1 aromatic heterocycles. The van der Waals surface area contributed by atoms with Gasteiger partial charge in [-0.15, -0.1) is 5.10 Å². The van der Waals surface area contributed by atoms with Gasteiger partial charge in [-0.3, -0.25) is 0 Å². The smallest absolute Gasteiger partial charge is 0.422 e. The summed E-state index contributed by atoms with van der Waals surface area (Å²) in [6.45, 7) is 0.453. The summed E-state index contributed by atoms with van der Waals surface area (Å²) in [5.41, 5.74) is 3.42. The van der Waals surface area contributed by atoms with Crippen LogP contribution in [0.5, 0.6) is 5.88 Å². The molecule has 3 aromatic rings. The Hall–Kier alpha value is -2.67. The van der Waals surface area contributed by atoms with E-state index in [4.69, 9.17) is 16.3 Å². The Morgan fingerprint density at radius 1 is 1.00 bits per heavy atom. The number of hydrogen-bond donors (Lipinski definition) is 0. The zero-order valence-electron chi connectivity index (χ0n) is 13.6. The number of alkyl halides is 3. The Bertz CT molecular complexity index is 932. The molecule has 0 atom stereocenters. The minimum absolute atomic E-state index is 0.0859. The first-order valence-corrected chi connectivity index (χ1v) is 7.98. The predicted molar refractivity (Wildman–Crippen MR) is 92.0 cm³/mol. The van der Waals surface area contributed by atoms with Crippen LogP contribution in [-0.2, 0) is 0 Å². The van der Waals surface area contributed by atoms with Crippen molar-refractivity contribution in [1.82, 2.24) is 15.4 Å². The summed E-state index contributed by atoms with van der Waals surface area (Å²) in [6, 6.07) is 14.9. The molecule has 0 fully saturated rings. The molecule has 0 amide bonds. The number of benzene rings is 2. The maximum Gasteiger partial charge on any atom is 0.422 e. The van der Waals surface area contributed by atoms with E-state index in [-0.39, 0.29) is 16.6 Å². The van der Waals surface area contributed by atoms with Gasteiger partial charge in [-0.05, 0) is 28.8 Å². The van der Waals surface area contributed by atoms with E-state index in [9.17, 15) is 13.2 Å². The van der Waals surface area contributed by atoms with Gasteiger partial charge in [-0.25, -0.2) is 0 Å². The van der Waals surface area contributed by atoms with E-state index in [0.717, 1.165) is 16.7 Å². The normalized spacial score (nSPS) is 11.4. The van der Waals surface area contributed by atoms with Crippen molar-refractivity contribution in [2.45, 2.75) is 13.1 Å². The molecule has 0 bridgehead atoms. The van der Waals surface area contributed by atoms with E-state index >= 15 is 0 Å². The highest BCUT2D eigenvalue weighted by atomic mass is 35.5. The lowest BCUT2D eigenvalue weighted by Gasteiger charge is -2.15. The summed E-state index contributed by atoms with van der Waals surface area (Å²) in [7, 11) is 0. The number of ether oxygens (including phenoxy) is 1. The van der Waals surface area contributed by atoms with Gasteiger partial charge in [0.25, 0.3) is 0 Å². The fraction of sp³-hybridized carbons (Fsp3) is 0.167. The van der Waals surface area contributed by atoms with Crippen LogP contribution in [0.1, 0.15) is 5.56 Å². The van der Waals surface area contributed by atoms with Crippen molar-refractivity contribution in [2.24, 2.45) is 0 Å². The van der Waals surface area contributed by atoms with Crippen molar-refractivity contribution < 1.29 is 17.9 Å². The highest BCUT2D eigenvalue weighted by molar-refractivity contribution is 6.32. The Morgan fingerprint density at radius 3 is 2.42 bits per heavy atom. The van der Waals surface area contributed by atoms with Gasteiger partial charge in [0.2, 0.25) is 5.88 Å². The van der Waals surface area contributed by atoms with Gasteiger partial charge >= 0.3 is 6.18 Å². The summed E-state index contributed by atoms with van der Waals surface area (Å²) in [5.74, 6) is -0.317. The molecule has 0 unspecified atom stereocenters. The van der Waals surface area contributed by atoms with Gasteiger partial charge in [0, 0.05) is 0 Å². The van der Waals surface area contributed by atoms with E-state index < -0.39 is 12.8 Å². The summed E-state index contributed by atoms with van der Waals surface area (Å²) >= 11 is 6.13. The lowest BCUT2D eigenvalue weighted by molar-refractivity contribution is -0.154. The van der Waals surface area contributed by atoms with Crippen LogP contribution in [0.3, 0.4) is 0 Å². The van der Waals surface area contributed by atoms with Crippen LogP contribution in [0.2, 0.25) is 5.15 Å². The number of halogens is 4. The van der Waals surface area contributed by atoms with E-state index in [1.807, 2.05) is 43.3 Å². The average molecular weight is 380 g/mol. The van der Waals surface area contributed by atoms with Crippen LogP contribution < -0.4 is 4.74 Å². The molecule has 0 aliphatic rings. The van der Waals surface area contributed by atoms with Crippen molar-refractivity contribution in [2.75, 3.05) is 6.61 Å². The second kappa shape index (κ2) is 7.29. The molecule has 0 spiro atoms. The van der Waals surface area contributed by atoms with E-state index in [0.29, 0.717) is 5.56 Å². The van der Waals surface area contributed by atoms with Crippen LogP contribution in [0.15, 0.2) is 48.5 Å². The molecule has 134 valence electrons. The quantitative estimate of drug-likeness (QED) is 0.632. The lowest BCUT2D eigenvalue weighted by atomic mass is 9.95. The first-order valence-electron chi connectivity index (χ1n) is 7.60. The Labute approximate surface area is 152 Å². The third-order valence-corrected chi connectivity index (χ3v) is 3.85. The van der Waals surface area contributed by atoms with E-state index in [2.05, 4.69) is 15.4 Å². The molecule has 0 aliphatic carbocycles. The van der Waals surface area contributed by atoms with Crippen molar-refractivity contribution in [3.05, 3.63) is 59.2 Å².